The van der Waals surface area contributed by atoms with E-state index in [2.05, 4.69) is 5.32 Å². The van der Waals surface area contributed by atoms with E-state index in [1.54, 1.807) is 0 Å². The van der Waals surface area contributed by atoms with E-state index in [9.17, 15) is 22.0 Å². The first kappa shape index (κ1) is 18.4. The molecule has 1 aliphatic heterocycles. The predicted octanol–water partition coefficient (Wildman–Crippen LogP) is 2.24. The first-order valence-corrected chi connectivity index (χ1v) is 9.26. The van der Waals surface area contributed by atoms with Gasteiger partial charge in [0.2, 0.25) is 10.0 Å². The van der Waals surface area contributed by atoms with Crippen molar-refractivity contribution in [3.8, 4) is 0 Å². The van der Waals surface area contributed by atoms with Crippen molar-refractivity contribution >= 4 is 21.6 Å². The Labute approximate surface area is 149 Å². The predicted molar refractivity (Wildman–Crippen MR) is 90.3 cm³/mol. The normalized spacial score (nSPS) is 15.6. The van der Waals surface area contributed by atoms with Gasteiger partial charge in [-0.15, -0.1) is 0 Å². The Morgan fingerprint density at radius 3 is 2.35 bits per heavy atom. The maximum absolute atomic E-state index is 13.2. The molecule has 0 bridgehead atoms. The van der Waals surface area contributed by atoms with Crippen LogP contribution in [0.3, 0.4) is 0 Å². The standard InChI is InChI=1S/C17H16F2N2O4S/c18-13-8-12(9-14(19)10-13)17(22)20-15-2-1-3-16(11-15)26(23,24)21-4-6-25-7-5-21/h1-3,8-11H,4-7H2,(H,20,22). The van der Waals surface area contributed by atoms with E-state index < -0.39 is 27.6 Å². The monoisotopic (exact) mass is 382 g/mol. The molecular formula is C17H16F2N2O4S. The third-order valence-electron chi connectivity index (χ3n) is 3.82. The van der Waals surface area contributed by atoms with E-state index in [1.807, 2.05) is 0 Å². The number of hydrogen-bond donors (Lipinski definition) is 1. The largest absolute Gasteiger partial charge is 0.379 e. The van der Waals surface area contributed by atoms with Crippen LogP contribution in [-0.4, -0.2) is 44.9 Å². The van der Waals surface area contributed by atoms with Crippen molar-refractivity contribution in [3.63, 3.8) is 0 Å². The van der Waals surface area contributed by atoms with Crippen LogP contribution in [0, 0.1) is 11.6 Å². The van der Waals surface area contributed by atoms with Crippen molar-refractivity contribution in [2.75, 3.05) is 31.6 Å². The molecular weight excluding hydrogens is 366 g/mol. The number of amides is 1. The van der Waals surface area contributed by atoms with Gasteiger partial charge in [-0.3, -0.25) is 4.79 Å². The van der Waals surface area contributed by atoms with Crippen LogP contribution in [0.2, 0.25) is 0 Å². The highest BCUT2D eigenvalue weighted by molar-refractivity contribution is 7.89. The Morgan fingerprint density at radius 2 is 1.69 bits per heavy atom. The molecule has 0 saturated carbocycles. The van der Waals surface area contributed by atoms with E-state index in [-0.39, 0.29) is 29.2 Å². The molecule has 3 rings (SSSR count). The van der Waals surface area contributed by atoms with Crippen molar-refractivity contribution in [2.45, 2.75) is 4.90 Å². The highest BCUT2D eigenvalue weighted by Gasteiger charge is 2.26. The number of halogens is 2. The van der Waals surface area contributed by atoms with Crippen LogP contribution in [0.4, 0.5) is 14.5 Å². The third-order valence-corrected chi connectivity index (χ3v) is 5.72. The molecule has 1 fully saturated rings. The molecule has 1 N–H and O–H groups in total. The number of hydrogen-bond acceptors (Lipinski definition) is 4. The Kier molecular flexibility index (Phi) is 5.30. The molecule has 0 radical (unpaired) electrons. The molecule has 6 nitrogen and oxygen atoms in total. The molecule has 1 heterocycles. The topological polar surface area (TPSA) is 75.7 Å². The van der Waals surface area contributed by atoms with Crippen LogP contribution < -0.4 is 5.32 Å². The maximum atomic E-state index is 13.2. The van der Waals surface area contributed by atoms with Crippen LogP contribution in [0.15, 0.2) is 47.4 Å². The highest BCUT2D eigenvalue weighted by Crippen LogP contribution is 2.21. The minimum absolute atomic E-state index is 0.0163. The second-order valence-corrected chi connectivity index (χ2v) is 7.59. The van der Waals surface area contributed by atoms with Crippen molar-refractivity contribution in [1.82, 2.24) is 4.31 Å². The number of carbonyl (C=O) groups excluding carboxylic acids is 1. The summed E-state index contributed by atoms with van der Waals surface area (Å²) in [7, 11) is -3.72. The number of nitrogens with zero attached hydrogens (tertiary/aromatic N) is 1. The van der Waals surface area contributed by atoms with Crippen LogP contribution in [0.5, 0.6) is 0 Å². The number of anilines is 1. The van der Waals surface area contributed by atoms with Crippen molar-refractivity contribution < 1.29 is 26.7 Å². The number of sulfonamides is 1. The molecule has 0 atom stereocenters. The molecule has 0 aliphatic carbocycles. The number of carbonyl (C=O) groups is 1. The Morgan fingerprint density at radius 1 is 1.04 bits per heavy atom. The summed E-state index contributed by atoms with van der Waals surface area (Å²) in [6.07, 6.45) is 0. The fourth-order valence-corrected chi connectivity index (χ4v) is 4.01. The second-order valence-electron chi connectivity index (χ2n) is 5.66. The molecule has 1 saturated heterocycles. The summed E-state index contributed by atoms with van der Waals surface area (Å²) in [5.74, 6) is -2.50. The summed E-state index contributed by atoms with van der Waals surface area (Å²) in [6.45, 7) is 1.14. The molecule has 0 unspecified atom stereocenters. The van der Waals surface area contributed by atoms with Crippen LogP contribution in [0.25, 0.3) is 0 Å². The van der Waals surface area contributed by atoms with E-state index in [1.165, 1.54) is 28.6 Å². The average Bonchev–Trinajstić information content (AvgIpc) is 2.62. The zero-order valence-electron chi connectivity index (χ0n) is 13.6. The van der Waals surface area contributed by atoms with Crippen LogP contribution in [-0.2, 0) is 14.8 Å². The maximum Gasteiger partial charge on any atom is 0.255 e. The zero-order valence-corrected chi connectivity index (χ0v) is 14.4. The summed E-state index contributed by atoms with van der Waals surface area (Å²) in [4.78, 5) is 12.2. The van der Waals surface area contributed by atoms with Gasteiger partial charge >= 0.3 is 0 Å². The Bertz CT molecular complexity index is 908. The van der Waals surface area contributed by atoms with Crippen LogP contribution in [0.1, 0.15) is 10.4 Å². The summed E-state index contributed by atoms with van der Waals surface area (Å²) < 4.78 is 58.2. The summed E-state index contributed by atoms with van der Waals surface area (Å²) in [6, 6.07) is 8.15. The van der Waals surface area contributed by atoms with E-state index in [4.69, 9.17) is 4.74 Å². The third kappa shape index (κ3) is 4.06. The van der Waals surface area contributed by atoms with Gasteiger partial charge in [0.1, 0.15) is 11.6 Å². The molecule has 1 aliphatic rings. The first-order valence-electron chi connectivity index (χ1n) is 7.82. The van der Waals surface area contributed by atoms with Crippen molar-refractivity contribution in [3.05, 3.63) is 59.7 Å². The fourth-order valence-electron chi connectivity index (χ4n) is 2.56. The number of rotatable bonds is 4. The molecule has 2 aromatic rings. The molecule has 138 valence electrons. The molecule has 26 heavy (non-hydrogen) atoms. The highest BCUT2D eigenvalue weighted by atomic mass is 32.2. The molecule has 1 amide bonds. The lowest BCUT2D eigenvalue weighted by Crippen LogP contribution is -2.40. The Hall–Kier alpha value is -2.36. The van der Waals surface area contributed by atoms with Gasteiger partial charge < -0.3 is 10.1 Å². The minimum Gasteiger partial charge on any atom is -0.379 e. The molecule has 2 aromatic carbocycles. The smallest absolute Gasteiger partial charge is 0.255 e. The lowest BCUT2D eigenvalue weighted by molar-refractivity contribution is 0.0730. The average molecular weight is 382 g/mol. The van der Waals surface area contributed by atoms with Gasteiger partial charge in [-0.05, 0) is 30.3 Å². The van der Waals surface area contributed by atoms with Gasteiger partial charge in [0, 0.05) is 30.4 Å². The zero-order chi connectivity index (χ0) is 18.7. The van der Waals surface area contributed by atoms with Crippen molar-refractivity contribution in [2.24, 2.45) is 0 Å². The molecule has 9 heteroatoms. The lowest BCUT2D eigenvalue weighted by atomic mass is 10.2. The quantitative estimate of drug-likeness (QED) is 0.880. The van der Waals surface area contributed by atoms with Gasteiger partial charge in [0.15, 0.2) is 0 Å². The number of morpholine rings is 1. The summed E-state index contributed by atoms with van der Waals surface area (Å²) >= 11 is 0. The number of ether oxygens (including phenoxy) is 1. The fraction of sp³-hybridized carbons (Fsp3) is 0.235. The molecule has 0 aromatic heterocycles. The van der Waals surface area contributed by atoms with Gasteiger partial charge in [-0.25, -0.2) is 17.2 Å². The van der Waals surface area contributed by atoms with Crippen LogP contribution >= 0.6 is 0 Å². The van der Waals surface area contributed by atoms with Crippen molar-refractivity contribution in [1.29, 1.82) is 0 Å². The number of nitrogens with one attached hydrogen (secondary N) is 1. The SMILES string of the molecule is O=C(Nc1cccc(S(=O)(=O)N2CCOCC2)c1)c1cc(F)cc(F)c1. The second kappa shape index (κ2) is 7.48. The summed E-state index contributed by atoms with van der Waals surface area (Å²) in [5, 5.41) is 2.45. The number of benzene rings is 2. The van der Waals surface area contributed by atoms with E-state index in [0.29, 0.717) is 19.3 Å². The van der Waals surface area contributed by atoms with Gasteiger partial charge in [-0.2, -0.15) is 4.31 Å². The lowest BCUT2D eigenvalue weighted by Gasteiger charge is -2.26. The van der Waals surface area contributed by atoms with Gasteiger partial charge in [0.05, 0.1) is 18.1 Å². The first-order chi connectivity index (χ1) is 12.4. The van der Waals surface area contributed by atoms with Gasteiger partial charge in [0.25, 0.3) is 5.91 Å². The van der Waals surface area contributed by atoms with E-state index in [0.717, 1.165) is 12.1 Å². The minimum atomic E-state index is -3.72. The van der Waals surface area contributed by atoms with E-state index >= 15 is 0 Å². The van der Waals surface area contributed by atoms with Gasteiger partial charge in [-0.1, -0.05) is 6.07 Å². The summed E-state index contributed by atoms with van der Waals surface area (Å²) in [5.41, 5.74) is -0.00190. The Balaban J connectivity index is 1.82. The molecule has 0 spiro atoms.